The molecular weight excluding hydrogens is 286 g/mol. The minimum absolute atomic E-state index is 0.325. The molecule has 0 saturated carbocycles. The van der Waals surface area contributed by atoms with Crippen molar-refractivity contribution in [3.05, 3.63) is 24.3 Å². The zero-order chi connectivity index (χ0) is 15.5. The molecule has 0 unspecified atom stereocenters. The summed E-state index contributed by atoms with van der Waals surface area (Å²) in [5.74, 6) is 0.670. The van der Waals surface area contributed by atoms with Gasteiger partial charge in [0.15, 0.2) is 0 Å². The normalized spacial score (nSPS) is 19.4. The minimum Gasteiger partial charge on any atom is -0.497 e. The molecule has 0 amide bonds. The van der Waals surface area contributed by atoms with Crippen LogP contribution in [-0.4, -0.2) is 32.9 Å². The molecule has 118 valence electrons. The van der Waals surface area contributed by atoms with E-state index in [0.717, 1.165) is 25.7 Å². The summed E-state index contributed by atoms with van der Waals surface area (Å²) < 4.78 is 32.0. The topological polar surface area (TPSA) is 46.6 Å². The van der Waals surface area contributed by atoms with Crippen molar-refractivity contribution in [3.63, 3.8) is 0 Å². The number of piperidine rings is 1. The van der Waals surface area contributed by atoms with Crippen molar-refractivity contribution >= 4 is 10.0 Å². The molecule has 0 atom stereocenters. The van der Waals surface area contributed by atoms with E-state index in [2.05, 4.69) is 13.8 Å². The van der Waals surface area contributed by atoms with Crippen LogP contribution in [0.15, 0.2) is 29.2 Å². The van der Waals surface area contributed by atoms with Gasteiger partial charge >= 0.3 is 0 Å². The Hall–Kier alpha value is -1.07. The van der Waals surface area contributed by atoms with E-state index in [1.54, 1.807) is 35.7 Å². The second-order valence-corrected chi connectivity index (χ2v) is 7.72. The standard InChI is InChI=1S/C16H25NO3S/c1-4-16(5-2)10-12-17(13-11-16)21(18,19)15-8-6-14(20-3)7-9-15/h6-9H,4-5,10-13H2,1-3H3. The summed E-state index contributed by atoms with van der Waals surface area (Å²) in [7, 11) is -1.80. The van der Waals surface area contributed by atoms with Crippen molar-refractivity contribution in [2.45, 2.75) is 44.4 Å². The van der Waals surface area contributed by atoms with E-state index >= 15 is 0 Å². The fourth-order valence-corrected chi connectivity index (χ4v) is 4.50. The van der Waals surface area contributed by atoms with Crippen molar-refractivity contribution in [2.24, 2.45) is 5.41 Å². The Kier molecular flexibility index (Phi) is 4.94. The molecule has 5 heteroatoms. The molecule has 2 rings (SSSR count). The molecule has 1 aliphatic heterocycles. The lowest BCUT2D eigenvalue weighted by Gasteiger charge is -2.40. The van der Waals surface area contributed by atoms with Crippen molar-refractivity contribution in [1.82, 2.24) is 4.31 Å². The second kappa shape index (κ2) is 6.36. The molecule has 4 nitrogen and oxygen atoms in total. The molecular formula is C16H25NO3S. The summed E-state index contributed by atoms with van der Waals surface area (Å²) in [5.41, 5.74) is 0.325. The number of hydrogen-bond acceptors (Lipinski definition) is 3. The highest BCUT2D eigenvalue weighted by Gasteiger charge is 2.36. The summed E-state index contributed by atoms with van der Waals surface area (Å²) >= 11 is 0. The van der Waals surface area contributed by atoms with E-state index in [9.17, 15) is 8.42 Å². The zero-order valence-corrected chi connectivity index (χ0v) is 13.9. The van der Waals surface area contributed by atoms with Crippen molar-refractivity contribution in [3.8, 4) is 5.75 Å². The molecule has 0 aromatic heterocycles. The van der Waals surface area contributed by atoms with Crippen LogP contribution in [0.1, 0.15) is 39.5 Å². The SMILES string of the molecule is CCC1(CC)CCN(S(=O)(=O)c2ccc(OC)cc2)CC1. The van der Waals surface area contributed by atoms with Crippen molar-refractivity contribution in [1.29, 1.82) is 0 Å². The lowest BCUT2D eigenvalue weighted by atomic mass is 9.75. The van der Waals surface area contributed by atoms with Gasteiger partial charge in [0.25, 0.3) is 0 Å². The molecule has 0 spiro atoms. The van der Waals surface area contributed by atoms with Gasteiger partial charge in [0, 0.05) is 13.1 Å². The fourth-order valence-electron chi connectivity index (χ4n) is 3.05. The van der Waals surface area contributed by atoms with Gasteiger partial charge in [0.05, 0.1) is 12.0 Å². The van der Waals surface area contributed by atoms with Crippen LogP contribution in [0.2, 0.25) is 0 Å². The average molecular weight is 311 g/mol. The zero-order valence-electron chi connectivity index (χ0n) is 13.1. The van der Waals surface area contributed by atoms with Gasteiger partial charge < -0.3 is 4.74 Å². The first kappa shape index (κ1) is 16.3. The van der Waals surface area contributed by atoms with Crippen LogP contribution in [0.25, 0.3) is 0 Å². The van der Waals surface area contributed by atoms with Crippen LogP contribution in [0.3, 0.4) is 0 Å². The summed E-state index contributed by atoms with van der Waals surface area (Å²) in [4.78, 5) is 0.351. The quantitative estimate of drug-likeness (QED) is 0.838. The Morgan fingerprint density at radius 1 is 1.10 bits per heavy atom. The Balaban J connectivity index is 2.14. The molecule has 1 fully saturated rings. The number of nitrogens with zero attached hydrogens (tertiary/aromatic N) is 1. The van der Waals surface area contributed by atoms with E-state index in [4.69, 9.17) is 4.74 Å². The van der Waals surface area contributed by atoms with Crippen LogP contribution in [0.4, 0.5) is 0 Å². The molecule has 1 aromatic rings. The Morgan fingerprint density at radius 2 is 1.62 bits per heavy atom. The maximum atomic E-state index is 12.7. The van der Waals surface area contributed by atoms with Crippen LogP contribution in [0, 0.1) is 5.41 Å². The Morgan fingerprint density at radius 3 is 2.05 bits per heavy atom. The van der Waals surface area contributed by atoms with Crippen LogP contribution >= 0.6 is 0 Å². The number of rotatable bonds is 5. The number of methoxy groups -OCH3 is 1. The third kappa shape index (κ3) is 3.24. The van der Waals surface area contributed by atoms with Crippen LogP contribution in [0.5, 0.6) is 5.75 Å². The highest BCUT2D eigenvalue weighted by Crippen LogP contribution is 2.39. The number of hydrogen-bond donors (Lipinski definition) is 0. The molecule has 1 heterocycles. The van der Waals surface area contributed by atoms with Gasteiger partial charge in [0.1, 0.15) is 5.75 Å². The van der Waals surface area contributed by atoms with Crippen molar-refractivity contribution < 1.29 is 13.2 Å². The number of ether oxygens (including phenoxy) is 1. The van der Waals surface area contributed by atoms with Crippen LogP contribution in [-0.2, 0) is 10.0 Å². The molecule has 1 aliphatic rings. The summed E-state index contributed by atoms with van der Waals surface area (Å²) in [6.45, 7) is 5.65. The molecule has 0 N–H and O–H groups in total. The molecule has 0 bridgehead atoms. The first-order valence-corrected chi connectivity index (χ1v) is 9.05. The van der Waals surface area contributed by atoms with E-state index in [-0.39, 0.29) is 0 Å². The first-order valence-electron chi connectivity index (χ1n) is 7.61. The first-order chi connectivity index (χ1) is 9.97. The summed E-state index contributed by atoms with van der Waals surface area (Å²) in [6, 6.07) is 6.63. The lowest BCUT2D eigenvalue weighted by Crippen LogP contribution is -2.42. The van der Waals surface area contributed by atoms with Gasteiger partial charge in [-0.15, -0.1) is 0 Å². The van der Waals surface area contributed by atoms with Gasteiger partial charge in [-0.1, -0.05) is 26.7 Å². The smallest absolute Gasteiger partial charge is 0.243 e. The van der Waals surface area contributed by atoms with Gasteiger partial charge in [0.2, 0.25) is 10.0 Å². The van der Waals surface area contributed by atoms with E-state index in [1.165, 1.54) is 0 Å². The van der Waals surface area contributed by atoms with Gasteiger partial charge in [-0.05, 0) is 42.5 Å². The number of sulfonamides is 1. The average Bonchev–Trinajstić information content (AvgIpc) is 2.55. The molecule has 0 radical (unpaired) electrons. The van der Waals surface area contributed by atoms with E-state index in [0.29, 0.717) is 29.1 Å². The Labute approximate surface area is 128 Å². The molecule has 1 aromatic carbocycles. The highest BCUT2D eigenvalue weighted by molar-refractivity contribution is 7.89. The monoisotopic (exact) mass is 311 g/mol. The minimum atomic E-state index is -3.38. The van der Waals surface area contributed by atoms with Gasteiger partial charge in [-0.3, -0.25) is 0 Å². The predicted molar refractivity (Wildman–Crippen MR) is 84.0 cm³/mol. The van der Waals surface area contributed by atoms with Gasteiger partial charge in [-0.2, -0.15) is 4.31 Å². The third-order valence-corrected chi connectivity index (χ3v) is 6.89. The second-order valence-electron chi connectivity index (χ2n) is 5.79. The largest absolute Gasteiger partial charge is 0.497 e. The molecule has 21 heavy (non-hydrogen) atoms. The number of benzene rings is 1. The third-order valence-electron chi connectivity index (χ3n) is 4.98. The molecule has 0 aliphatic carbocycles. The van der Waals surface area contributed by atoms with E-state index in [1.807, 2.05) is 0 Å². The van der Waals surface area contributed by atoms with Crippen molar-refractivity contribution in [2.75, 3.05) is 20.2 Å². The Bertz CT molecular complexity index is 552. The predicted octanol–water partition coefficient (Wildman–Crippen LogP) is 3.29. The van der Waals surface area contributed by atoms with Crippen LogP contribution < -0.4 is 4.74 Å². The fraction of sp³-hybridized carbons (Fsp3) is 0.625. The lowest BCUT2D eigenvalue weighted by molar-refractivity contribution is 0.141. The van der Waals surface area contributed by atoms with Gasteiger partial charge in [-0.25, -0.2) is 8.42 Å². The maximum absolute atomic E-state index is 12.7. The molecule has 1 saturated heterocycles. The maximum Gasteiger partial charge on any atom is 0.243 e. The highest BCUT2D eigenvalue weighted by atomic mass is 32.2. The summed E-state index contributed by atoms with van der Waals surface area (Å²) in [5, 5.41) is 0. The summed E-state index contributed by atoms with van der Waals surface area (Å²) in [6.07, 6.45) is 4.16. The van der Waals surface area contributed by atoms with E-state index < -0.39 is 10.0 Å².